The lowest BCUT2D eigenvalue weighted by molar-refractivity contribution is 0.0522. The Labute approximate surface area is 141 Å². The van der Waals surface area contributed by atoms with Crippen molar-refractivity contribution in [2.75, 3.05) is 18.1 Å². The zero-order chi connectivity index (χ0) is 16.4. The molecular formula is C16H16O5S2. The van der Waals surface area contributed by atoms with Gasteiger partial charge in [0.05, 0.1) is 16.8 Å². The number of thioether (sulfide) groups is 2. The summed E-state index contributed by atoms with van der Waals surface area (Å²) in [7, 11) is 0. The number of phenolic OH excluding ortho intramolecular Hbond substituents is 1. The second-order valence-electron chi connectivity index (χ2n) is 5.01. The first-order valence-corrected chi connectivity index (χ1v) is 9.41. The van der Waals surface area contributed by atoms with E-state index in [9.17, 15) is 14.7 Å². The van der Waals surface area contributed by atoms with Crippen molar-refractivity contribution in [3.8, 4) is 5.75 Å². The molecule has 0 aliphatic carbocycles. The van der Waals surface area contributed by atoms with Gasteiger partial charge in [-0.05, 0) is 43.0 Å². The molecule has 1 fully saturated rings. The molecule has 0 amide bonds. The fourth-order valence-electron chi connectivity index (χ4n) is 2.43. The van der Waals surface area contributed by atoms with Gasteiger partial charge in [0, 0.05) is 5.39 Å². The van der Waals surface area contributed by atoms with E-state index in [0.717, 1.165) is 17.9 Å². The molecule has 1 aliphatic rings. The molecule has 7 heteroatoms. The maximum Gasteiger partial charge on any atom is 0.351 e. The number of carbonyl (C=O) groups is 1. The molecule has 0 atom stereocenters. The van der Waals surface area contributed by atoms with Crippen LogP contribution in [0.15, 0.2) is 27.4 Å². The lowest BCUT2D eigenvalue weighted by atomic mass is 10.1. The summed E-state index contributed by atoms with van der Waals surface area (Å²) >= 11 is 3.44. The number of benzene rings is 1. The Morgan fingerprint density at radius 3 is 2.83 bits per heavy atom. The van der Waals surface area contributed by atoms with Crippen LogP contribution in [-0.2, 0) is 4.74 Å². The van der Waals surface area contributed by atoms with Crippen molar-refractivity contribution >= 4 is 40.5 Å². The number of fused-ring (bicyclic) bond motifs is 1. The molecule has 2 heterocycles. The highest BCUT2D eigenvalue weighted by Crippen LogP contribution is 2.48. The molecule has 1 aromatic heterocycles. The molecule has 1 N–H and O–H groups in total. The Hall–Kier alpha value is -1.60. The van der Waals surface area contributed by atoms with E-state index in [1.807, 2.05) is 0 Å². The number of ether oxygens (including phenoxy) is 1. The van der Waals surface area contributed by atoms with Crippen LogP contribution in [0.4, 0.5) is 0 Å². The van der Waals surface area contributed by atoms with Gasteiger partial charge < -0.3 is 14.3 Å². The summed E-state index contributed by atoms with van der Waals surface area (Å²) in [5.74, 6) is 1.41. The quantitative estimate of drug-likeness (QED) is 0.668. The van der Waals surface area contributed by atoms with E-state index >= 15 is 0 Å². The van der Waals surface area contributed by atoms with Gasteiger partial charge in [0.15, 0.2) is 0 Å². The van der Waals surface area contributed by atoms with Crippen molar-refractivity contribution in [3.63, 3.8) is 0 Å². The van der Waals surface area contributed by atoms with E-state index in [-0.39, 0.29) is 22.5 Å². The van der Waals surface area contributed by atoms with Crippen LogP contribution in [0.2, 0.25) is 0 Å². The van der Waals surface area contributed by atoms with Crippen LogP contribution in [-0.4, -0.2) is 29.2 Å². The summed E-state index contributed by atoms with van der Waals surface area (Å²) in [4.78, 5) is 24.0. The van der Waals surface area contributed by atoms with Crippen LogP contribution < -0.4 is 5.63 Å². The zero-order valence-corrected chi connectivity index (χ0v) is 14.2. The fraction of sp³-hybridized carbons (Fsp3) is 0.375. The average molecular weight is 352 g/mol. The summed E-state index contributed by atoms with van der Waals surface area (Å²) in [6, 6.07) is 4.68. The van der Waals surface area contributed by atoms with Crippen LogP contribution in [0, 0.1) is 0 Å². The van der Waals surface area contributed by atoms with E-state index in [4.69, 9.17) is 9.15 Å². The first kappa shape index (κ1) is 16.3. The summed E-state index contributed by atoms with van der Waals surface area (Å²) in [6.07, 6.45) is 1.12. The Morgan fingerprint density at radius 1 is 1.39 bits per heavy atom. The van der Waals surface area contributed by atoms with Gasteiger partial charge in [-0.2, -0.15) is 0 Å². The van der Waals surface area contributed by atoms with Crippen molar-refractivity contribution in [1.29, 1.82) is 0 Å². The second-order valence-corrected chi connectivity index (χ2v) is 7.74. The summed E-state index contributed by atoms with van der Waals surface area (Å²) < 4.78 is 10.3. The number of carbonyl (C=O) groups excluding carboxylic acids is 1. The van der Waals surface area contributed by atoms with E-state index in [1.165, 1.54) is 6.07 Å². The minimum Gasteiger partial charge on any atom is -0.507 e. The molecule has 0 bridgehead atoms. The second kappa shape index (κ2) is 6.88. The predicted octanol–water partition coefficient (Wildman–Crippen LogP) is 3.54. The maximum atomic E-state index is 12.1. The van der Waals surface area contributed by atoms with E-state index in [0.29, 0.717) is 16.5 Å². The standard InChI is InChI=1S/C16H16O5S2/c1-2-20-14(18)10-8-9-4-5-11(17)12(13(9)21-15(10)19)16-22-6-3-7-23-16/h4-5,8,16-17H,2-3,6-7H2,1H3. The van der Waals surface area contributed by atoms with Gasteiger partial charge in [0.2, 0.25) is 0 Å². The zero-order valence-electron chi connectivity index (χ0n) is 12.5. The predicted molar refractivity (Wildman–Crippen MR) is 92.4 cm³/mol. The molecule has 0 unspecified atom stereocenters. The first-order chi connectivity index (χ1) is 11.1. The van der Waals surface area contributed by atoms with Crippen LogP contribution in [0.1, 0.15) is 33.8 Å². The monoisotopic (exact) mass is 352 g/mol. The molecule has 1 aliphatic heterocycles. The molecule has 122 valence electrons. The highest BCUT2D eigenvalue weighted by molar-refractivity contribution is 8.16. The van der Waals surface area contributed by atoms with Crippen LogP contribution in [0.25, 0.3) is 11.0 Å². The number of hydrogen-bond acceptors (Lipinski definition) is 7. The van der Waals surface area contributed by atoms with Crippen LogP contribution >= 0.6 is 23.5 Å². The molecular weight excluding hydrogens is 336 g/mol. The van der Waals surface area contributed by atoms with E-state index in [1.54, 1.807) is 42.6 Å². The van der Waals surface area contributed by atoms with E-state index in [2.05, 4.69) is 0 Å². The lowest BCUT2D eigenvalue weighted by Crippen LogP contribution is -2.16. The van der Waals surface area contributed by atoms with Crippen LogP contribution in [0.3, 0.4) is 0 Å². The van der Waals surface area contributed by atoms with Gasteiger partial charge in [-0.25, -0.2) is 9.59 Å². The smallest absolute Gasteiger partial charge is 0.351 e. The van der Waals surface area contributed by atoms with Gasteiger partial charge >= 0.3 is 11.6 Å². The van der Waals surface area contributed by atoms with Crippen molar-refractivity contribution in [2.45, 2.75) is 17.9 Å². The van der Waals surface area contributed by atoms with E-state index < -0.39 is 11.6 Å². The van der Waals surface area contributed by atoms with Crippen LogP contribution in [0.5, 0.6) is 5.75 Å². The molecule has 1 saturated heterocycles. The number of esters is 1. The molecule has 3 rings (SSSR count). The number of rotatable bonds is 3. The van der Waals surface area contributed by atoms with Gasteiger partial charge in [0.1, 0.15) is 16.9 Å². The van der Waals surface area contributed by atoms with Gasteiger partial charge in [0.25, 0.3) is 0 Å². The number of phenols is 1. The third kappa shape index (κ3) is 3.21. The third-order valence-electron chi connectivity index (χ3n) is 3.48. The molecule has 5 nitrogen and oxygen atoms in total. The van der Waals surface area contributed by atoms with Gasteiger partial charge in [-0.15, -0.1) is 23.5 Å². The summed E-state index contributed by atoms with van der Waals surface area (Å²) in [5.41, 5.74) is 0.0909. The van der Waals surface area contributed by atoms with Crippen molar-refractivity contribution in [3.05, 3.63) is 39.7 Å². The SMILES string of the molecule is CCOC(=O)c1cc2ccc(O)c(C3SCCCS3)c2oc1=O. The normalized spacial score (nSPS) is 15.7. The van der Waals surface area contributed by atoms with Gasteiger partial charge in [-0.3, -0.25) is 0 Å². The fourth-order valence-corrected chi connectivity index (χ4v) is 5.41. The molecule has 2 aromatic rings. The van der Waals surface area contributed by atoms with Crippen molar-refractivity contribution in [2.24, 2.45) is 0 Å². The topological polar surface area (TPSA) is 76.7 Å². The number of aromatic hydroxyl groups is 1. The maximum absolute atomic E-state index is 12.1. The Bertz CT molecular complexity index is 793. The molecule has 0 saturated carbocycles. The Kier molecular flexibility index (Phi) is 4.87. The number of hydrogen-bond donors (Lipinski definition) is 1. The molecule has 23 heavy (non-hydrogen) atoms. The summed E-state index contributed by atoms with van der Waals surface area (Å²) in [5, 5.41) is 10.8. The Morgan fingerprint density at radius 2 is 2.13 bits per heavy atom. The van der Waals surface area contributed by atoms with Gasteiger partial charge in [-0.1, -0.05) is 0 Å². The summed E-state index contributed by atoms with van der Waals surface area (Å²) in [6.45, 7) is 1.86. The first-order valence-electron chi connectivity index (χ1n) is 7.32. The van der Waals surface area contributed by atoms with Crippen molar-refractivity contribution < 1.29 is 19.1 Å². The molecule has 0 spiro atoms. The largest absolute Gasteiger partial charge is 0.507 e. The minimum atomic E-state index is -0.742. The third-order valence-corrected chi connectivity index (χ3v) is 6.42. The van der Waals surface area contributed by atoms with Crippen molar-refractivity contribution in [1.82, 2.24) is 0 Å². The lowest BCUT2D eigenvalue weighted by Gasteiger charge is -2.22. The average Bonchev–Trinajstić information content (AvgIpc) is 2.55. The highest BCUT2D eigenvalue weighted by atomic mass is 32.2. The Balaban J connectivity index is 2.14. The molecule has 0 radical (unpaired) electrons. The highest BCUT2D eigenvalue weighted by Gasteiger charge is 2.25. The molecule has 1 aromatic carbocycles. The minimum absolute atomic E-state index is 0.0176.